The first-order valence-corrected chi connectivity index (χ1v) is 28.6. The van der Waals surface area contributed by atoms with Gasteiger partial charge in [-0.25, -0.2) is 0 Å². The molecule has 0 aliphatic carbocycles. The van der Waals surface area contributed by atoms with Crippen molar-refractivity contribution in [2.75, 3.05) is 36.8 Å². The molecule has 3 atom stereocenters. The summed E-state index contributed by atoms with van der Waals surface area (Å²) in [6.07, 6.45) is 34.6. The molecule has 2 fully saturated rings. The molecular formula is C60H105N4O6+. The maximum atomic E-state index is 12.7. The van der Waals surface area contributed by atoms with Crippen molar-refractivity contribution in [1.29, 1.82) is 0 Å². The summed E-state index contributed by atoms with van der Waals surface area (Å²) in [6.45, 7) is 21.5. The highest BCUT2D eigenvalue weighted by molar-refractivity contribution is 5.96. The van der Waals surface area contributed by atoms with Crippen LogP contribution in [-0.4, -0.2) is 77.1 Å². The van der Waals surface area contributed by atoms with Crippen molar-refractivity contribution in [2.24, 2.45) is 0 Å². The number of hydrogen-bond acceptors (Lipinski definition) is 5. The number of hydrogen-bond donors (Lipinski definition) is 5. The summed E-state index contributed by atoms with van der Waals surface area (Å²) in [5.74, 6) is -0.942. The quantitative estimate of drug-likeness (QED) is 0.0491. The van der Waals surface area contributed by atoms with Crippen LogP contribution < -0.4 is 15.5 Å². The van der Waals surface area contributed by atoms with Gasteiger partial charge < -0.3 is 25.7 Å². The first-order valence-electron chi connectivity index (χ1n) is 28.6. The Morgan fingerprint density at radius 1 is 0.514 bits per heavy atom. The fourth-order valence-corrected chi connectivity index (χ4v) is 9.63. The number of anilines is 2. The molecule has 2 aromatic rings. The van der Waals surface area contributed by atoms with Gasteiger partial charge in [-0.1, -0.05) is 186 Å². The van der Waals surface area contributed by atoms with Crippen LogP contribution in [0.3, 0.4) is 0 Å². The van der Waals surface area contributed by atoms with E-state index in [1.165, 1.54) is 140 Å². The van der Waals surface area contributed by atoms with E-state index in [-0.39, 0.29) is 23.9 Å². The highest BCUT2D eigenvalue weighted by Gasteiger charge is 2.32. The number of unbranched alkanes of at least 4 members (excludes halogenated alkanes) is 18. The zero-order valence-corrected chi connectivity index (χ0v) is 46.1. The van der Waals surface area contributed by atoms with E-state index in [0.717, 1.165) is 105 Å². The molecule has 4 rings (SSSR count). The largest absolute Gasteiger partial charge is 0.481 e. The molecule has 2 aromatic carbocycles. The molecule has 10 nitrogen and oxygen atoms in total. The Bertz CT molecular complexity index is 1520. The van der Waals surface area contributed by atoms with E-state index in [1.807, 2.05) is 12.1 Å². The molecule has 2 saturated heterocycles. The first-order chi connectivity index (χ1) is 33.8. The number of nitrogens with zero attached hydrogens (tertiary/aromatic N) is 1. The lowest BCUT2D eigenvalue weighted by atomic mass is 10.00. The number of nitrogens with one attached hydrogen (secondary N) is 3. The fraction of sp³-hybridized carbons (Fsp3) is 0.733. The molecule has 10 heteroatoms. The molecule has 2 aliphatic heterocycles. The fourth-order valence-electron chi connectivity index (χ4n) is 9.63. The summed E-state index contributed by atoms with van der Waals surface area (Å²) in [4.78, 5) is 49.7. The summed E-state index contributed by atoms with van der Waals surface area (Å²) in [5.41, 5.74) is 6.56. The van der Waals surface area contributed by atoms with Crippen LogP contribution in [0.2, 0.25) is 0 Å². The number of rotatable bonds is 30. The third-order valence-corrected chi connectivity index (χ3v) is 14.1. The highest BCUT2D eigenvalue weighted by atomic mass is 16.4. The molecule has 0 bridgehead atoms. The van der Waals surface area contributed by atoms with Gasteiger partial charge in [-0.3, -0.25) is 24.1 Å². The molecule has 5 N–H and O–H groups in total. The second kappa shape index (κ2) is 41.8. The molecule has 0 radical (unpaired) electrons. The van der Waals surface area contributed by atoms with Crippen molar-refractivity contribution < 1.29 is 34.3 Å². The second-order valence-corrected chi connectivity index (χ2v) is 20.4. The molecule has 2 aliphatic rings. The Kier molecular flexibility index (Phi) is 38.4. The number of likely N-dealkylation sites (tertiary alicyclic amines) is 2. The van der Waals surface area contributed by atoms with Gasteiger partial charge in [0.2, 0.25) is 5.91 Å². The third-order valence-electron chi connectivity index (χ3n) is 14.1. The van der Waals surface area contributed by atoms with Gasteiger partial charge in [-0.2, -0.15) is 0 Å². The van der Waals surface area contributed by atoms with Crippen LogP contribution in [0.5, 0.6) is 0 Å². The van der Waals surface area contributed by atoms with Crippen LogP contribution >= 0.6 is 0 Å². The SMILES string of the molecule is CCCCCCCCCCCC(=O)O.CCCCCCCCCCCC(=O)O.CCCCN1CCCCC1C(=O)Nc1c(C)cccc1C.CCCC[NH+]1CCCCC1C(=O)Nc1c(C)cccc1C. The zero-order valence-electron chi connectivity index (χ0n) is 46.1. The number of carboxylic acids is 2. The van der Waals surface area contributed by atoms with E-state index in [0.29, 0.717) is 12.8 Å². The number of carboxylic acid groups (broad SMARTS) is 2. The van der Waals surface area contributed by atoms with Crippen LogP contribution in [0, 0.1) is 27.7 Å². The van der Waals surface area contributed by atoms with Gasteiger partial charge in [-0.15, -0.1) is 0 Å². The number of aryl methyl sites for hydroxylation is 4. The molecule has 70 heavy (non-hydrogen) atoms. The molecular weight excluding hydrogens is 873 g/mol. The summed E-state index contributed by atoms with van der Waals surface area (Å²) >= 11 is 0. The number of piperidine rings is 2. The van der Waals surface area contributed by atoms with E-state index >= 15 is 0 Å². The number of carbonyl (C=O) groups is 4. The second-order valence-electron chi connectivity index (χ2n) is 20.4. The van der Waals surface area contributed by atoms with Gasteiger partial charge in [0.15, 0.2) is 6.04 Å². The topological polar surface area (TPSA) is 140 Å². The van der Waals surface area contributed by atoms with Crippen molar-refractivity contribution in [2.45, 2.75) is 260 Å². The predicted molar refractivity (Wildman–Crippen MR) is 295 cm³/mol. The first kappa shape index (κ1) is 64.3. The van der Waals surface area contributed by atoms with Crippen molar-refractivity contribution >= 4 is 35.1 Å². The van der Waals surface area contributed by atoms with Crippen LogP contribution in [0.15, 0.2) is 36.4 Å². The normalized spacial score (nSPS) is 16.6. The van der Waals surface area contributed by atoms with Crippen molar-refractivity contribution in [1.82, 2.24) is 4.90 Å². The van der Waals surface area contributed by atoms with Crippen molar-refractivity contribution in [3.63, 3.8) is 0 Å². The molecule has 0 aromatic heterocycles. The van der Waals surface area contributed by atoms with Crippen LogP contribution in [0.25, 0.3) is 0 Å². The molecule has 2 amide bonds. The van der Waals surface area contributed by atoms with Crippen molar-refractivity contribution in [3.05, 3.63) is 58.7 Å². The number of carbonyl (C=O) groups excluding carboxylic acids is 2. The Morgan fingerprint density at radius 2 is 0.914 bits per heavy atom. The molecule has 0 spiro atoms. The standard InChI is InChI=1S/2C18H28N2O.2C12H24O2/c2*1-4-5-12-20-13-7-6-11-16(20)18(21)19-17-14(2)9-8-10-15(17)3;2*1-2-3-4-5-6-7-8-9-10-11-12(13)14/h2*8-10,16H,4-7,11-13H2,1-3H3,(H,19,21);2*2-11H2,1H3,(H,13,14)/p+1. The predicted octanol–water partition coefficient (Wildman–Crippen LogP) is 14.4. The number of para-hydroxylation sites is 2. The Balaban J connectivity index is 0.000000477. The minimum absolute atomic E-state index is 0.0457. The van der Waals surface area contributed by atoms with E-state index < -0.39 is 11.9 Å². The maximum Gasteiger partial charge on any atom is 0.303 e. The third kappa shape index (κ3) is 30.2. The van der Waals surface area contributed by atoms with Gasteiger partial charge in [0, 0.05) is 30.6 Å². The average molecular weight is 979 g/mol. The lowest BCUT2D eigenvalue weighted by Crippen LogP contribution is -3.17. The summed E-state index contributed by atoms with van der Waals surface area (Å²) in [6, 6.07) is 12.5. The number of quaternary nitrogens is 1. The maximum absolute atomic E-state index is 12.7. The van der Waals surface area contributed by atoms with Gasteiger partial charge in [-0.05, 0) is 114 Å². The zero-order chi connectivity index (χ0) is 51.8. The van der Waals surface area contributed by atoms with Gasteiger partial charge in [0.25, 0.3) is 5.91 Å². The molecule has 400 valence electrons. The lowest BCUT2D eigenvalue weighted by Gasteiger charge is -2.34. The summed E-state index contributed by atoms with van der Waals surface area (Å²) in [5, 5.41) is 23.2. The molecule has 0 saturated carbocycles. The minimum atomic E-state index is -0.659. The average Bonchev–Trinajstić information content (AvgIpc) is 3.34. The highest BCUT2D eigenvalue weighted by Crippen LogP contribution is 2.24. The minimum Gasteiger partial charge on any atom is -0.481 e. The molecule has 3 unspecified atom stereocenters. The van der Waals surface area contributed by atoms with Crippen LogP contribution in [0.4, 0.5) is 11.4 Å². The van der Waals surface area contributed by atoms with Gasteiger partial charge >= 0.3 is 11.9 Å². The Morgan fingerprint density at radius 3 is 1.34 bits per heavy atom. The van der Waals surface area contributed by atoms with E-state index in [4.69, 9.17) is 10.2 Å². The van der Waals surface area contributed by atoms with E-state index in [9.17, 15) is 19.2 Å². The van der Waals surface area contributed by atoms with E-state index in [2.05, 4.69) is 95.2 Å². The lowest BCUT2D eigenvalue weighted by molar-refractivity contribution is -0.921. The number of aliphatic carboxylic acids is 2. The van der Waals surface area contributed by atoms with Crippen LogP contribution in [-0.2, 0) is 19.2 Å². The molecule has 2 heterocycles. The Labute approximate surface area is 428 Å². The van der Waals surface area contributed by atoms with Crippen molar-refractivity contribution in [3.8, 4) is 0 Å². The Hall–Kier alpha value is -3.76. The van der Waals surface area contributed by atoms with Gasteiger partial charge in [0.05, 0.1) is 19.1 Å². The number of amides is 2. The van der Waals surface area contributed by atoms with Gasteiger partial charge in [0.1, 0.15) is 0 Å². The monoisotopic (exact) mass is 978 g/mol. The van der Waals surface area contributed by atoms with E-state index in [1.54, 1.807) is 0 Å². The smallest absolute Gasteiger partial charge is 0.303 e. The summed E-state index contributed by atoms with van der Waals surface area (Å²) < 4.78 is 0. The van der Waals surface area contributed by atoms with Crippen LogP contribution in [0.1, 0.15) is 243 Å². The summed E-state index contributed by atoms with van der Waals surface area (Å²) in [7, 11) is 0. The number of benzene rings is 2.